The first-order chi connectivity index (χ1) is 11.3. The molecule has 0 aliphatic heterocycles. The Balaban J connectivity index is 3.01. The number of unbranched alkanes of at least 4 members (excludes halogenated alkanes) is 1. The molecule has 0 bridgehead atoms. The second kappa shape index (κ2) is 7.88. The van der Waals surface area contributed by atoms with Crippen LogP contribution in [0, 0.1) is 0 Å². The van der Waals surface area contributed by atoms with Gasteiger partial charge in [0.2, 0.25) is 0 Å². The Kier molecular flexibility index (Phi) is 6.61. The highest BCUT2D eigenvalue weighted by Crippen LogP contribution is 2.30. The Labute approximate surface area is 144 Å². The third-order valence-electron chi connectivity index (χ3n) is 3.18. The SMILES string of the molecule is CCCC[C@@H](NC(=O)c1cn(C)nc1C(F)(F)F)C(=O)OC(C)(C)C. The van der Waals surface area contributed by atoms with E-state index in [2.05, 4.69) is 10.4 Å². The number of amides is 1. The molecule has 1 aromatic heterocycles. The normalized spacial score (nSPS) is 13.4. The van der Waals surface area contributed by atoms with E-state index in [1.807, 2.05) is 6.92 Å². The Morgan fingerprint density at radius 2 is 1.92 bits per heavy atom. The van der Waals surface area contributed by atoms with Crippen LogP contribution in [-0.2, 0) is 22.8 Å². The molecule has 0 aromatic carbocycles. The molecule has 0 spiro atoms. The van der Waals surface area contributed by atoms with Gasteiger partial charge < -0.3 is 10.1 Å². The monoisotopic (exact) mass is 363 g/mol. The number of alkyl halides is 3. The maximum Gasteiger partial charge on any atom is 0.435 e. The molecule has 1 rings (SSSR count). The lowest BCUT2D eigenvalue weighted by Crippen LogP contribution is -2.44. The molecule has 0 radical (unpaired) electrons. The molecular weight excluding hydrogens is 339 g/mol. The summed E-state index contributed by atoms with van der Waals surface area (Å²) in [5.74, 6) is -1.68. The van der Waals surface area contributed by atoms with Crippen LogP contribution in [0.25, 0.3) is 0 Å². The largest absolute Gasteiger partial charge is 0.458 e. The van der Waals surface area contributed by atoms with Gasteiger partial charge in [0.1, 0.15) is 11.6 Å². The molecule has 0 unspecified atom stereocenters. The molecule has 0 aliphatic rings. The number of aromatic nitrogens is 2. The van der Waals surface area contributed by atoms with Crippen LogP contribution < -0.4 is 5.32 Å². The first-order valence-corrected chi connectivity index (χ1v) is 7.99. The highest BCUT2D eigenvalue weighted by molar-refractivity contribution is 5.97. The Bertz CT molecular complexity index is 618. The van der Waals surface area contributed by atoms with Crippen LogP contribution in [0.4, 0.5) is 13.2 Å². The van der Waals surface area contributed by atoms with Crippen molar-refractivity contribution in [2.45, 2.75) is 64.8 Å². The molecule has 9 heteroatoms. The Hall–Kier alpha value is -2.06. The minimum Gasteiger partial charge on any atom is -0.458 e. The number of ether oxygens (including phenoxy) is 1. The predicted octanol–water partition coefficient (Wildman–Crippen LogP) is 3.07. The van der Waals surface area contributed by atoms with E-state index in [1.165, 1.54) is 7.05 Å². The van der Waals surface area contributed by atoms with E-state index in [1.54, 1.807) is 20.8 Å². The summed E-state index contributed by atoms with van der Waals surface area (Å²) in [6, 6.07) is -1.02. The van der Waals surface area contributed by atoms with Crippen LogP contribution in [0.3, 0.4) is 0 Å². The lowest BCUT2D eigenvalue weighted by atomic mass is 10.1. The van der Waals surface area contributed by atoms with Crippen molar-refractivity contribution >= 4 is 11.9 Å². The van der Waals surface area contributed by atoms with Gasteiger partial charge in [0.05, 0.1) is 5.56 Å². The lowest BCUT2D eigenvalue weighted by Gasteiger charge is -2.24. The van der Waals surface area contributed by atoms with Crippen molar-refractivity contribution in [3.8, 4) is 0 Å². The summed E-state index contributed by atoms with van der Waals surface area (Å²) in [4.78, 5) is 24.5. The van der Waals surface area contributed by atoms with Crippen LogP contribution in [-0.4, -0.2) is 33.3 Å². The molecule has 0 aliphatic carbocycles. The highest BCUT2D eigenvalue weighted by atomic mass is 19.4. The highest BCUT2D eigenvalue weighted by Gasteiger charge is 2.39. The van der Waals surface area contributed by atoms with Crippen LogP contribution >= 0.6 is 0 Å². The number of hydrogen-bond acceptors (Lipinski definition) is 4. The number of nitrogens with zero attached hydrogens (tertiary/aromatic N) is 2. The van der Waals surface area contributed by atoms with Crippen LogP contribution in [0.5, 0.6) is 0 Å². The van der Waals surface area contributed by atoms with E-state index >= 15 is 0 Å². The minimum absolute atomic E-state index is 0.277. The molecule has 1 heterocycles. The second-order valence-corrected chi connectivity index (χ2v) is 6.76. The van der Waals surface area contributed by atoms with Crippen molar-refractivity contribution in [3.05, 3.63) is 17.5 Å². The first-order valence-electron chi connectivity index (χ1n) is 7.99. The third kappa shape index (κ3) is 6.39. The van der Waals surface area contributed by atoms with Gasteiger partial charge in [-0.1, -0.05) is 19.8 Å². The van der Waals surface area contributed by atoms with Gasteiger partial charge in [-0.15, -0.1) is 0 Å². The molecule has 0 fully saturated rings. The summed E-state index contributed by atoms with van der Waals surface area (Å²) in [6.45, 7) is 6.92. The summed E-state index contributed by atoms with van der Waals surface area (Å²) in [6.07, 6.45) is -2.14. The van der Waals surface area contributed by atoms with Gasteiger partial charge in [-0.25, -0.2) is 4.79 Å². The van der Waals surface area contributed by atoms with Gasteiger partial charge >= 0.3 is 12.1 Å². The fraction of sp³-hybridized carbons (Fsp3) is 0.688. The van der Waals surface area contributed by atoms with Gasteiger partial charge in [0, 0.05) is 13.2 Å². The standard InChI is InChI=1S/C16H24F3N3O3/c1-6-7-8-11(14(24)25-15(2,3)4)20-13(23)10-9-22(5)21-12(10)16(17,18)19/h9,11H,6-8H2,1-5H3,(H,20,23)/t11-/m1/s1. The molecule has 0 saturated heterocycles. The number of carbonyl (C=O) groups excluding carboxylic acids is 2. The molecule has 1 atom stereocenters. The topological polar surface area (TPSA) is 73.2 Å². The van der Waals surface area contributed by atoms with Crippen molar-refractivity contribution in [2.75, 3.05) is 0 Å². The van der Waals surface area contributed by atoms with Crippen LogP contribution in [0.2, 0.25) is 0 Å². The van der Waals surface area contributed by atoms with Crippen molar-refractivity contribution in [1.29, 1.82) is 0 Å². The summed E-state index contributed by atoms with van der Waals surface area (Å²) in [5.41, 5.74) is -2.68. The molecule has 1 N–H and O–H groups in total. The number of rotatable bonds is 6. The fourth-order valence-corrected chi connectivity index (χ4v) is 2.13. The van der Waals surface area contributed by atoms with E-state index < -0.39 is 41.0 Å². The zero-order chi connectivity index (χ0) is 19.4. The number of aryl methyl sites for hydroxylation is 1. The quantitative estimate of drug-likeness (QED) is 0.789. The zero-order valence-electron chi connectivity index (χ0n) is 15.0. The number of halogens is 3. The summed E-state index contributed by atoms with van der Waals surface area (Å²) in [7, 11) is 1.29. The Morgan fingerprint density at radius 1 is 1.32 bits per heavy atom. The zero-order valence-corrected chi connectivity index (χ0v) is 15.0. The smallest absolute Gasteiger partial charge is 0.435 e. The van der Waals surface area contributed by atoms with Gasteiger partial charge in [-0.3, -0.25) is 9.48 Å². The summed E-state index contributed by atoms with van der Waals surface area (Å²) < 4.78 is 45.1. The van der Waals surface area contributed by atoms with Crippen LogP contribution in [0.15, 0.2) is 6.20 Å². The lowest BCUT2D eigenvalue weighted by molar-refractivity contribution is -0.157. The molecule has 1 aromatic rings. The molecule has 0 saturated carbocycles. The van der Waals surface area contributed by atoms with Crippen molar-refractivity contribution < 1.29 is 27.5 Å². The van der Waals surface area contributed by atoms with E-state index in [9.17, 15) is 22.8 Å². The molecule has 6 nitrogen and oxygen atoms in total. The average Bonchev–Trinajstić information content (AvgIpc) is 2.83. The summed E-state index contributed by atoms with van der Waals surface area (Å²) in [5, 5.41) is 5.64. The van der Waals surface area contributed by atoms with Crippen molar-refractivity contribution in [2.24, 2.45) is 7.05 Å². The van der Waals surface area contributed by atoms with Gasteiger partial charge in [-0.2, -0.15) is 18.3 Å². The van der Waals surface area contributed by atoms with E-state index in [4.69, 9.17) is 4.74 Å². The maximum atomic E-state index is 13.0. The molecule has 25 heavy (non-hydrogen) atoms. The molecule has 142 valence electrons. The van der Waals surface area contributed by atoms with Crippen molar-refractivity contribution in [1.82, 2.24) is 15.1 Å². The maximum absolute atomic E-state index is 13.0. The number of nitrogens with one attached hydrogen (secondary N) is 1. The van der Waals surface area contributed by atoms with Gasteiger partial charge in [0.25, 0.3) is 5.91 Å². The third-order valence-corrected chi connectivity index (χ3v) is 3.18. The number of hydrogen-bond donors (Lipinski definition) is 1. The number of esters is 1. The minimum atomic E-state index is -4.77. The molecular formula is C16H24F3N3O3. The first kappa shape index (κ1) is 21.0. The second-order valence-electron chi connectivity index (χ2n) is 6.76. The van der Waals surface area contributed by atoms with Gasteiger partial charge in [-0.05, 0) is 27.2 Å². The molecule has 1 amide bonds. The van der Waals surface area contributed by atoms with Gasteiger partial charge in [0.15, 0.2) is 5.69 Å². The van der Waals surface area contributed by atoms with E-state index in [-0.39, 0.29) is 6.42 Å². The number of carbonyl (C=O) groups is 2. The van der Waals surface area contributed by atoms with Crippen molar-refractivity contribution in [3.63, 3.8) is 0 Å². The summed E-state index contributed by atoms with van der Waals surface area (Å²) >= 11 is 0. The average molecular weight is 363 g/mol. The Morgan fingerprint density at radius 3 is 2.40 bits per heavy atom. The predicted molar refractivity (Wildman–Crippen MR) is 84.8 cm³/mol. The van der Waals surface area contributed by atoms with Crippen LogP contribution in [0.1, 0.15) is 63.0 Å². The fourth-order valence-electron chi connectivity index (χ4n) is 2.13. The van der Waals surface area contributed by atoms with E-state index in [0.717, 1.165) is 17.3 Å². The van der Waals surface area contributed by atoms with E-state index in [0.29, 0.717) is 6.42 Å².